The Kier molecular flexibility index (Phi) is 4.29. The first-order chi connectivity index (χ1) is 7.51. The number of rotatable bonds is 4. The van der Waals surface area contributed by atoms with E-state index in [1.54, 1.807) is 0 Å². The molecule has 0 saturated carbocycles. The van der Waals surface area contributed by atoms with Gasteiger partial charge in [-0.3, -0.25) is 4.79 Å². The molecule has 0 saturated heterocycles. The summed E-state index contributed by atoms with van der Waals surface area (Å²) in [4.78, 5) is 11.1. The van der Waals surface area contributed by atoms with Crippen LogP contribution in [0.15, 0.2) is 10.5 Å². The number of hydrogen-bond donors (Lipinski definition) is 0. The summed E-state index contributed by atoms with van der Waals surface area (Å²) in [5, 5.41) is 0. The lowest BCUT2D eigenvalue weighted by atomic mass is 10.1. The number of carbonyl (C=O) groups excluding carboxylic acids is 1. The van der Waals surface area contributed by atoms with E-state index in [0.29, 0.717) is 5.56 Å². The van der Waals surface area contributed by atoms with Gasteiger partial charge in [-0.05, 0) is 28.9 Å². The summed E-state index contributed by atoms with van der Waals surface area (Å²) < 4.78 is 23.9. The van der Waals surface area contributed by atoms with Gasteiger partial charge in [-0.1, -0.05) is 0 Å². The third kappa shape index (κ3) is 2.52. The third-order valence-electron chi connectivity index (χ3n) is 2.06. The van der Waals surface area contributed by atoms with Crippen LogP contribution >= 0.6 is 15.9 Å². The minimum Gasteiger partial charge on any atom is -0.492 e. The summed E-state index contributed by atoms with van der Waals surface area (Å²) in [6.07, 6.45) is 0.179. The van der Waals surface area contributed by atoms with Crippen LogP contribution in [0.2, 0.25) is 0 Å². The Bertz CT molecular complexity index is 418. The highest BCUT2D eigenvalue weighted by atomic mass is 79.9. The van der Waals surface area contributed by atoms with Crippen molar-refractivity contribution in [2.75, 3.05) is 14.2 Å². The molecule has 0 aliphatic rings. The summed E-state index contributed by atoms with van der Waals surface area (Å²) >= 11 is 3.07. The Morgan fingerprint density at radius 2 is 1.94 bits per heavy atom. The molecule has 0 aromatic heterocycles. The first-order valence-electron chi connectivity index (χ1n) is 4.59. The van der Waals surface area contributed by atoms with Gasteiger partial charge in [0.2, 0.25) is 0 Å². The Morgan fingerprint density at radius 3 is 2.38 bits per heavy atom. The van der Waals surface area contributed by atoms with Crippen LogP contribution in [0.1, 0.15) is 12.5 Å². The smallest absolute Gasteiger partial charge is 0.198 e. The quantitative estimate of drug-likeness (QED) is 0.855. The van der Waals surface area contributed by atoms with Gasteiger partial charge >= 0.3 is 0 Å². The van der Waals surface area contributed by atoms with Crippen LogP contribution in [-0.2, 0) is 11.2 Å². The molecule has 0 amide bonds. The largest absolute Gasteiger partial charge is 0.492 e. The molecule has 3 nitrogen and oxygen atoms in total. The molecule has 5 heteroatoms. The van der Waals surface area contributed by atoms with Crippen molar-refractivity contribution in [3.63, 3.8) is 0 Å². The van der Waals surface area contributed by atoms with Gasteiger partial charge in [0, 0.05) is 12.0 Å². The van der Waals surface area contributed by atoms with Crippen LogP contribution in [0, 0.1) is 5.82 Å². The van der Waals surface area contributed by atoms with E-state index in [9.17, 15) is 9.18 Å². The molecule has 0 bridgehead atoms. The van der Waals surface area contributed by atoms with E-state index in [4.69, 9.17) is 9.47 Å². The van der Waals surface area contributed by atoms with Crippen molar-refractivity contribution in [3.8, 4) is 11.5 Å². The molecule has 0 spiro atoms. The zero-order valence-corrected chi connectivity index (χ0v) is 10.9. The first kappa shape index (κ1) is 13.0. The van der Waals surface area contributed by atoms with Crippen LogP contribution < -0.4 is 9.47 Å². The second-order valence-electron chi connectivity index (χ2n) is 3.28. The van der Waals surface area contributed by atoms with Gasteiger partial charge in [0.1, 0.15) is 5.78 Å². The number of hydrogen-bond acceptors (Lipinski definition) is 3. The predicted molar refractivity (Wildman–Crippen MR) is 61.6 cm³/mol. The molecule has 0 heterocycles. The van der Waals surface area contributed by atoms with Crippen LogP contribution in [0.4, 0.5) is 4.39 Å². The highest BCUT2D eigenvalue weighted by Gasteiger charge is 2.19. The molecule has 0 unspecified atom stereocenters. The van der Waals surface area contributed by atoms with Gasteiger partial charge in [-0.25, -0.2) is 4.39 Å². The number of halogens is 2. The van der Waals surface area contributed by atoms with Crippen LogP contribution in [0.25, 0.3) is 0 Å². The van der Waals surface area contributed by atoms with Gasteiger partial charge in [-0.15, -0.1) is 0 Å². The van der Waals surface area contributed by atoms with E-state index >= 15 is 0 Å². The highest BCUT2D eigenvalue weighted by molar-refractivity contribution is 9.10. The minimum absolute atomic E-state index is 0.00752. The monoisotopic (exact) mass is 290 g/mol. The number of ether oxygens (including phenoxy) is 2. The molecule has 0 N–H and O–H groups in total. The predicted octanol–water partition coefficient (Wildman–Crippen LogP) is 2.74. The fourth-order valence-electron chi connectivity index (χ4n) is 1.44. The van der Waals surface area contributed by atoms with Crippen molar-refractivity contribution >= 4 is 21.7 Å². The zero-order valence-electron chi connectivity index (χ0n) is 9.27. The van der Waals surface area contributed by atoms with E-state index < -0.39 is 5.82 Å². The van der Waals surface area contributed by atoms with E-state index in [1.165, 1.54) is 27.2 Å². The number of Topliss-reactive ketones (excluding diaryl/α,β-unsaturated/α-hetero) is 1. The molecule has 0 aliphatic carbocycles. The van der Waals surface area contributed by atoms with Gasteiger partial charge in [0.05, 0.1) is 18.7 Å². The summed E-state index contributed by atoms with van der Waals surface area (Å²) in [6.45, 7) is 1.46. The molecular formula is C11H12BrFO3. The van der Waals surface area contributed by atoms with Crippen molar-refractivity contribution in [3.05, 3.63) is 21.9 Å². The second kappa shape index (κ2) is 5.30. The van der Waals surface area contributed by atoms with Crippen molar-refractivity contribution in [2.45, 2.75) is 13.3 Å². The maximum atomic E-state index is 13.6. The maximum absolute atomic E-state index is 13.6. The third-order valence-corrected chi connectivity index (χ3v) is 2.63. The second-order valence-corrected chi connectivity index (χ2v) is 4.13. The number of carbonyl (C=O) groups is 1. The lowest BCUT2D eigenvalue weighted by Gasteiger charge is -2.13. The molecular weight excluding hydrogens is 279 g/mol. The highest BCUT2D eigenvalue weighted by Crippen LogP contribution is 2.38. The minimum atomic E-state index is -0.536. The van der Waals surface area contributed by atoms with Gasteiger partial charge in [-0.2, -0.15) is 0 Å². The Hall–Kier alpha value is -1.10. The van der Waals surface area contributed by atoms with Gasteiger partial charge in [0.15, 0.2) is 17.3 Å². The average molecular weight is 291 g/mol. The summed E-state index contributed by atoms with van der Waals surface area (Å²) in [6, 6.07) is 1.53. The lowest BCUT2D eigenvalue weighted by Crippen LogP contribution is -2.03. The van der Waals surface area contributed by atoms with Crippen molar-refractivity contribution < 1.29 is 18.7 Å². The van der Waals surface area contributed by atoms with Gasteiger partial charge in [0.25, 0.3) is 0 Å². The van der Waals surface area contributed by atoms with E-state index in [0.717, 1.165) is 0 Å². The Morgan fingerprint density at radius 1 is 1.38 bits per heavy atom. The van der Waals surface area contributed by atoms with Crippen molar-refractivity contribution in [1.82, 2.24) is 0 Å². The molecule has 88 valence electrons. The maximum Gasteiger partial charge on any atom is 0.198 e. The summed E-state index contributed by atoms with van der Waals surface area (Å²) in [5.74, 6) is -0.294. The molecule has 0 aliphatic heterocycles. The summed E-state index contributed by atoms with van der Waals surface area (Å²) in [5.41, 5.74) is 0.597. The molecule has 1 rings (SSSR count). The van der Waals surface area contributed by atoms with Gasteiger partial charge < -0.3 is 9.47 Å². The van der Waals surface area contributed by atoms with Crippen molar-refractivity contribution in [2.24, 2.45) is 0 Å². The standard InChI is InChI=1S/C11H12BrFO3/c1-6(14)4-7-5-8(12)9(13)11(16-3)10(7)15-2/h5H,4H2,1-3H3. The number of ketones is 1. The van der Waals surface area contributed by atoms with Crippen molar-refractivity contribution in [1.29, 1.82) is 0 Å². The molecule has 0 fully saturated rings. The van der Waals surface area contributed by atoms with E-state index in [-0.39, 0.29) is 28.2 Å². The Balaban J connectivity index is 3.37. The molecule has 1 aromatic carbocycles. The van der Waals surface area contributed by atoms with Crippen LogP contribution in [-0.4, -0.2) is 20.0 Å². The molecule has 16 heavy (non-hydrogen) atoms. The lowest BCUT2D eigenvalue weighted by molar-refractivity contribution is -0.116. The number of benzene rings is 1. The zero-order chi connectivity index (χ0) is 12.3. The molecule has 1 aromatic rings. The van der Waals surface area contributed by atoms with Crippen LogP contribution in [0.5, 0.6) is 11.5 Å². The normalized spacial score (nSPS) is 10.1. The fraction of sp³-hybridized carbons (Fsp3) is 0.364. The molecule has 0 radical (unpaired) electrons. The fourth-order valence-corrected chi connectivity index (χ4v) is 1.90. The number of methoxy groups -OCH3 is 2. The molecule has 0 atom stereocenters. The SMILES string of the molecule is COc1c(CC(C)=O)cc(Br)c(F)c1OC. The van der Waals surface area contributed by atoms with Crippen LogP contribution in [0.3, 0.4) is 0 Å². The van der Waals surface area contributed by atoms with E-state index in [2.05, 4.69) is 15.9 Å². The van der Waals surface area contributed by atoms with E-state index in [1.807, 2.05) is 0 Å². The topological polar surface area (TPSA) is 35.5 Å². The average Bonchev–Trinajstić information content (AvgIpc) is 2.21. The first-order valence-corrected chi connectivity index (χ1v) is 5.38. The Labute approximate surface area is 102 Å². The summed E-state index contributed by atoms with van der Waals surface area (Å²) in [7, 11) is 2.76.